The van der Waals surface area contributed by atoms with Gasteiger partial charge in [-0.2, -0.15) is 0 Å². The van der Waals surface area contributed by atoms with Crippen LogP contribution in [0.3, 0.4) is 0 Å². The maximum atomic E-state index is 12.3. The van der Waals surface area contributed by atoms with Crippen LogP contribution in [-0.4, -0.2) is 26.3 Å². The van der Waals surface area contributed by atoms with Crippen molar-refractivity contribution in [1.82, 2.24) is 10.9 Å². The number of nitrogens with two attached hydrogens (primary N) is 1. The standard InChI is InChI=1S/C17H18BrN3O5S/c1-10-6-7-14(27(19,24)25)9-15(10)17(23)21-20-16(22)11(2)26-13-5-3-4-12(18)8-13/h3-9,11H,1-2H3,(H,20,22)(H,21,23)(H2,19,24,25). The van der Waals surface area contributed by atoms with Gasteiger partial charge in [-0.1, -0.05) is 28.1 Å². The summed E-state index contributed by atoms with van der Waals surface area (Å²) >= 11 is 3.30. The molecular formula is C17H18BrN3O5S. The van der Waals surface area contributed by atoms with E-state index in [9.17, 15) is 18.0 Å². The number of ether oxygens (including phenoxy) is 1. The summed E-state index contributed by atoms with van der Waals surface area (Å²) in [5, 5.41) is 5.07. The number of benzene rings is 2. The number of carbonyl (C=O) groups is 2. The number of nitrogens with one attached hydrogen (secondary N) is 2. The van der Waals surface area contributed by atoms with Crippen molar-refractivity contribution in [2.75, 3.05) is 0 Å². The lowest BCUT2D eigenvalue weighted by Gasteiger charge is -2.16. The average molecular weight is 456 g/mol. The normalized spacial score (nSPS) is 12.1. The van der Waals surface area contributed by atoms with E-state index in [1.165, 1.54) is 19.1 Å². The van der Waals surface area contributed by atoms with E-state index in [0.29, 0.717) is 11.3 Å². The van der Waals surface area contributed by atoms with E-state index in [-0.39, 0.29) is 10.5 Å². The number of halogens is 1. The third kappa shape index (κ3) is 5.78. The fourth-order valence-corrected chi connectivity index (χ4v) is 3.03. The summed E-state index contributed by atoms with van der Waals surface area (Å²) in [6.07, 6.45) is -0.878. The third-order valence-corrected chi connectivity index (χ3v) is 4.96. The summed E-state index contributed by atoms with van der Waals surface area (Å²) in [5.74, 6) is -0.778. The second-order valence-corrected chi connectivity index (χ2v) is 8.16. The smallest absolute Gasteiger partial charge is 0.279 e. The number of sulfonamides is 1. The lowest BCUT2D eigenvalue weighted by Crippen LogP contribution is -2.47. The highest BCUT2D eigenvalue weighted by Gasteiger charge is 2.18. The van der Waals surface area contributed by atoms with Crippen molar-refractivity contribution in [3.8, 4) is 5.75 Å². The van der Waals surface area contributed by atoms with Gasteiger partial charge in [-0.05, 0) is 49.7 Å². The first-order chi connectivity index (χ1) is 12.6. The fourth-order valence-electron chi connectivity index (χ4n) is 2.11. The summed E-state index contributed by atoms with van der Waals surface area (Å²) in [6, 6.07) is 10.9. The van der Waals surface area contributed by atoms with Crippen LogP contribution in [0.2, 0.25) is 0 Å². The zero-order chi connectivity index (χ0) is 20.2. The van der Waals surface area contributed by atoms with Crippen LogP contribution in [0.25, 0.3) is 0 Å². The van der Waals surface area contributed by atoms with Gasteiger partial charge in [0.2, 0.25) is 10.0 Å². The van der Waals surface area contributed by atoms with E-state index in [1.54, 1.807) is 25.1 Å². The van der Waals surface area contributed by atoms with Gasteiger partial charge in [-0.25, -0.2) is 13.6 Å². The van der Waals surface area contributed by atoms with Crippen LogP contribution in [0.4, 0.5) is 0 Å². The highest BCUT2D eigenvalue weighted by atomic mass is 79.9. The van der Waals surface area contributed by atoms with Crippen LogP contribution >= 0.6 is 15.9 Å². The summed E-state index contributed by atoms with van der Waals surface area (Å²) in [7, 11) is -3.95. The summed E-state index contributed by atoms with van der Waals surface area (Å²) in [5.41, 5.74) is 5.07. The molecule has 0 fully saturated rings. The second kappa shape index (κ2) is 8.51. The highest BCUT2D eigenvalue weighted by Crippen LogP contribution is 2.19. The second-order valence-electron chi connectivity index (χ2n) is 5.68. The Morgan fingerprint density at radius 1 is 1.15 bits per heavy atom. The van der Waals surface area contributed by atoms with Crippen molar-refractivity contribution in [3.63, 3.8) is 0 Å². The van der Waals surface area contributed by atoms with Gasteiger partial charge in [0.25, 0.3) is 11.8 Å². The molecule has 0 radical (unpaired) electrons. The molecule has 1 unspecified atom stereocenters. The minimum atomic E-state index is -3.95. The van der Waals surface area contributed by atoms with Gasteiger partial charge in [0.1, 0.15) is 5.75 Å². The molecule has 2 amide bonds. The maximum Gasteiger partial charge on any atom is 0.279 e. The first-order valence-electron chi connectivity index (χ1n) is 7.74. The molecule has 10 heteroatoms. The number of rotatable bonds is 5. The van der Waals surface area contributed by atoms with Crippen molar-refractivity contribution >= 4 is 37.8 Å². The van der Waals surface area contributed by atoms with Gasteiger partial charge in [0.05, 0.1) is 4.90 Å². The molecule has 1 atom stereocenters. The molecule has 0 aliphatic heterocycles. The SMILES string of the molecule is Cc1ccc(S(N)(=O)=O)cc1C(=O)NNC(=O)C(C)Oc1cccc(Br)c1. The van der Waals surface area contributed by atoms with E-state index in [2.05, 4.69) is 26.8 Å². The van der Waals surface area contributed by atoms with Gasteiger partial charge >= 0.3 is 0 Å². The molecule has 0 saturated heterocycles. The molecule has 0 spiro atoms. The molecule has 0 bridgehead atoms. The number of primary sulfonamides is 1. The molecule has 8 nitrogen and oxygen atoms in total. The van der Waals surface area contributed by atoms with Crippen LogP contribution in [0, 0.1) is 6.92 Å². The third-order valence-electron chi connectivity index (χ3n) is 3.56. The Bertz CT molecular complexity index is 978. The van der Waals surface area contributed by atoms with Crippen molar-refractivity contribution < 1.29 is 22.7 Å². The topological polar surface area (TPSA) is 128 Å². The summed E-state index contributed by atoms with van der Waals surface area (Å²) in [4.78, 5) is 24.2. The number of hydrogen-bond donors (Lipinski definition) is 3. The molecule has 0 aliphatic carbocycles. The predicted octanol–water partition coefficient (Wildman–Crippen LogP) is 1.63. The quantitative estimate of drug-likeness (QED) is 0.590. The van der Waals surface area contributed by atoms with Gasteiger partial charge in [-0.3, -0.25) is 20.4 Å². The Morgan fingerprint density at radius 2 is 1.85 bits per heavy atom. The van der Waals surface area contributed by atoms with Crippen LogP contribution in [-0.2, 0) is 14.8 Å². The zero-order valence-electron chi connectivity index (χ0n) is 14.5. The van der Waals surface area contributed by atoms with Crippen LogP contribution < -0.4 is 20.7 Å². The van der Waals surface area contributed by atoms with Gasteiger partial charge in [0.15, 0.2) is 6.10 Å². The molecule has 2 rings (SSSR count). The molecule has 2 aromatic carbocycles. The molecule has 27 heavy (non-hydrogen) atoms. The van der Waals surface area contributed by atoms with Crippen molar-refractivity contribution in [2.24, 2.45) is 5.14 Å². The monoisotopic (exact) mass is 455 g/mol. The van der Waals surface area contributed by atoms with Crippen molar-refractivity contribution in [3.05, 3.63) is 58.1 Å². The Kier molecular flexibility index (Phi) is 6.58. The van der Waals surface area contributed by atoms with Gasteiger partial charge < -0.3 is 4.74 Å². The number of hydrazine groups is 1. The highest BCUT2D eigenvalue weighted by molar-refractivity contribution is 9.10. The molecular weight excluding hydrogens is 438 g/mol. The molecule has 144 valence electrons. The lowest BCUT2D eigenvalue weighted by atomic mass is 10.1. The van der Waals surface area contributed by atoms with Crippen LogP contribution in [0.15, 0.2) is 51.8 Å². The number of amides is 2. The number of hydrogen-bond acceptors (Lipinski definition) is 5. The molecule has 0 saturated carbocycles. The molecule has 0 aliphatic rings. The van der Waals surface area contributed by atoms with Crippen molar-refractivity contribution in [1.29, 1.82) is 0 Å². The molecule has 0 heterocycles. The van der Waals surface area contributed by atoms with Gasteiger partial charge in [0, 0.05) is 10.0 Å². The molecule has 0 aromatic heterocycles. The Balaban J connectivity index is 2.01. The number of carbonyl (C=O) groups excluding carboxylic acids is 2. The Morgan fingerprint density at radius 3 is 2.48 bits per heavy atom. The van der Waals surface area contributed by atoms with Crippen LogP contribution in [0.5, 0.6) is 5.75 Å². The minimum absolute atomic E-state index is 0.0717. The summed E-state index contributed by atoms with van der Waals surface area (Å²) < 4.78 is 29.1. The van der Waals surface area contributed by atoms with E-state index >= 15 is 0 Å². The zero-order valence-corrected chi connectivity index (χ0v) is 16.9. The largest absolute Gasteiger partial charge is 0.481 e. The lowest BCUT2D eigenvalue weighted by molar-refractivity contribution is -0.128. The number of aryl methyl sites for hydroxylation is 1. The predicted molar refractivity (Wildman–Crippen MR) is 102 cm³/mol. The summed E-state index contributed by atoms with van der Waals surface area (Å²) in [6.45, 7) is 3.15. The van der Waals surface area contributed by atoms with E-state index in [0.717, 1.165) is 10.5 Å². The Hall–Kier alpha value is -2.43. The average Bonchev–Trinajstić information content (AvgIpc) is 2.58. The first-order valence-corrected chi connectivity index (χ1v) is 10.1. The fraction of sp³-hybridized carbons (Fsp3) is 0.176. The van der Waals surface area contributed by atoms with Crippen LogP contribution in [0.1, 0.15) is 22.8 Å². The van der Waals surface area contributed by atoms with Crippen molar-refractivity contribution in [2.45, 2.75) is 24.8 Å². The first kappa shape index (κ1) is 20.9. The van der Waals surface area contributed by atoms with Gasteiger partial charge in [-0.15, -0.1) is 0 Å². The molecule has 2 aromatic rings. The Labute approximate surface area is 165 Å². The molecule has 4 N–H and O–H groups in total. The maximum absolute atomic E-state index is 12.3. The van der Waals surface area contributed by atoms with E-state index in [4.69, 9.17) is 9.88 Å². The van der Waals surface area contributed by atoms with E-state index < -0.39 is 27.9 Å². The minimum Gasteiger partial charge on any atom is -0.481 e. The van der Waals surface area contributed by atoms with E-state index in [1.807, 2.05) is 6.07 Å².